The van der Waals surface area contributed by atoms with Crippen LogP contribution in [0.15, 0.2) is 11.6 Å². The second-order valence-electron chi connectivity index (χ2n) is 5.07. The van der Waals surface area contributed by atoms with Crippen molar-refractivity contribution in [1.82, 2.24) is 5.32 Å². The summed E-state index contributed by atoms with van der Waals surface area (Å²) in [5.41, 5.74) is 6.66. The van der Waals surface area contributed by atoms with Gasteiger partial charge in [0.25, 0.3) is 0 Å². The average Bonchev–Trinajstić information content (AvgIpc) is 2.79. The van der Waals surface area contributed by atoms with Crippen LogP contribution in [0.5, 0.6) is 0 Å². The minimum Gasteiger partial charge on any atom is -0.379 e. The fourth-order valence-electron chi connectivity index (χ4n) is 2.40. The molecule has 0 aromatic carbocycles. The summed E-state index contributed by atoms with van der Waals surface area (Å²) in [6, 6.07) is 0. The summed E-state index contributed by atoms with van der Waals surface area (Å²) in [4.78, 5) is 11.9. The van der Waals surface area contributed by atoms with Crippen molar-refractivity contribution < 1.29 is 9.53 Å². The highest BCUT2D eigenvalue weighted by Crippen LogP contribution is 2.20. The fraction of sp³-hybridized carbons (Fsp3) is 0.769. The van der Waals surface area contributed by atoms with Crippen LogP contribution in [0.2, 0.25) is 0 Å². The van der Waals surface area contributed by atoms with Crippen LogP contribution in [0.3, 0.4) is 0 Å². The zero-order chi connectivity index (χ0) is 12.1. The number of allylic oxidation sites excluding steroid dienone is 1. The van der Waals surface area contributed by atoms with Crippen molar-refractivity contribution in [3.8, 4) is 0 Å². The van der Waals surface area contributed by atoms with Crippen molar-refractivity contribution >= 4 is 5.91 Å². The quantitative estimate of drug-likeness (QED) is 0.721. The third-order valence-corrected chi connectivity index (χ3v) is 3.62. The SMILES string of the molecule is NC1(C(=O)NCCC2=CCCCC2)CCOC1. The van der Waals surface area contributed by atoms with E-state index in [0.29, 0.717) is 26.2 Å². The van der Waals surface area contributed by atoms with Crippen LogP contribution >= 0.6 is 0 Å². The number of hydrogen-bond donors (Lipinski definition) is 2. The molecule has 1 heterocycles. The first-order valence-corrected chi connectivity index (χ1v) is 6.53. The minimum absolute atomic E-state index is 0.0635. The maximum atomic E-state index is 11.9. The monoisotopic (exact) mass is 238 g/mol. The van der Waals surface area contributed by atoms with Gasteiger partial charge in [0.05, 0.1) is 6.61 Å². The molecular weight excluding hydrogens is 216 g/mol. The van der Waals surface area contributed by atoms with Gasteiger partial charge in [-0.2, -0.15) is 0 Å². The number of nitrogens with two attached hydrogens (primary N) is 1. The van der Waals surface area contributed by atoms with Crippen LogP contribution in [0, 0.1) is 0 Å². The fourth-order valence-corrected chi connectivity index (χ4v) is 2.40. The molecule has 1 saturated heterocycles. The molecule has 3 N–H and O–H groups in total. The lowest BCUT2D eigenvalue weighted by Gasteiger charge is -2.21. The van der Waals surface area contributed by atoms with E-state index in [1.807, 2.05) is 0 Å². The Bertz CT molecular complexity index is 307. The van der Waals surface area contributed by atoms with Gasteiger partial charge in [0.1, 0.15) is 5.54 Å². The third kappa shape index (κ3) is 3.30. The van der Waals surface area contributed by atoms with Crippen molar-refractivity contribution in [1.29, 1.82) is 0 Å². The van der Waals surface area contributed by atoms with Crippen molar-refractivity contribution in [2.75, 3.05) is 19.8 Å². The first kappa shape index (κ1) is 12.6. The van der Waals surface area contributed by atoms with Crippen LogP contribution in [0.1, 0.15) is 38.5 Å². The van der Waals surface area contributed by atoms with Gasteiger partial charge in [-0.15, -0.1) is 0 Å². The van der Waals surface area contributed by atoms with Crippen LogP contribution in [0.25, 0.3) is 0 Å². The molecule has 0 aromatic heterocycles. The lowest BCUT2D eigenvalue weighted by molar-refractivity contribution is -0.126. The van der Waals surface area contributed by atoms with E-state index in [-0.39, 0.29) is 5.91 Å². The van der Waals surface area contributed by atoms with Crippen molar-refractivity contribution in [3.05, 3.63) is 11.6 Å². The van der Waals surface area contributed by atoms with Gasteiger partial charge < -0.3 is 15.8 Å². The third-order valence-electron chi connectivity index (χ3n) is 3.62. The van der Waals surface area contributed by atoms with Gasteiger partial charge in [-0.05, 0) is 38.5 Å². The number of ether oxygens (including phenoxy) is 1. The zero-order valence-electron chi connectivity index (χ0n) is 10.3. The Balaban J connectivity index is 1.71. The van der Waals surface area contributed by atoms with Crippen molar-refractivity contribution in [2.45, 2.75) is 44.1 Å². The Kier molecular flexibility index (Phi) is 4.18. The summed E-state index contributed by atoms with van der Waals surface area (Å²) < 4.78 is 5.18. The second-order valence-corrected chi connectivity index (χ2v) is 5.07. The van der Waals surface area contributed by atoms with Gasteiger partial charge >= 0.3 is 0 Å². The molecule has 0 bridgehead atoms. The Hall–Kier alpha value is -0.870. The second kappa shape index (κ2) is 5.65. The van der Waals surface area contributed by atoms with E-state index in [1.54, 1.807) is 0 Å². The first-order valence-electron chi connectivity index (χ1n) is 6.53. The van der Waals surface area contributed by atoms with E-state index < -0.39 is 5.54 Å². The van der Waals surface area contributed by atoms with Gasteiger partial charge in [-0.3, -0.25) is 4.79 Å². The van der Waals surface area contributed by atoms with Gasteiger partial charge in [0.15, 0.2) is 0 Å². The topological polar surface area (TPSA) is 64.4 Å². The highest BCUT2D eigenvalue weighted by molar-refractivity contribution is 5.86. The summed E-state index contributed by atoms with van der Waals surface area (Å²) >= 11 is 0. The number of carbonyl (C=O) groups excluding carboxylic acids is 1. The van der Waals surface area contributed by atoms with Crippen LogP contribution < -0.4 is 11.1 Å². The van der Waals surface area contributed by atoms with E-state index in [4.69, 9.17) is 10.5 Å². The van der Waals surface area contributed by atoms with Gasteiger partial charge in [-0.25, -0.2) is 0 Å². The smallest absolute Gasteiger partial charge is 0.242 e. The van der Waals surface area contributed by atoms with E-state index in [0.717, 1.165) is 6.42 Å². The Morgan fingerprint density at radius 3 is 3.06 bits per heavy atom. The molecule has 2 aliphatic rings. The minimum atomic E-state index is -0.791. The molecule has 96 valence electrons. The van der Waals surface area contributed by atoms with Gasteiger partial charge in [0, 0.05) is 13.2 Å². The molecule has 17 heavy (non-hydrogen) atoms. The number of hydrogen-bond acceptors (Lipinski definition) is 3. The summed E-state index contributed by atoms with van der Waals surface area (Å²) in [5.74, 6) is -0.0635. The lowest BCUT2D eigenvalue weighted by atomic mass is 9.96. The zero-order valence-corrected chi connectivity index (χ0v) is 10.3. The number of carbonyl (C=O) groups is 1. The summed E-state index contributed by atoms with van der Waals surface area (Å²) in [6.07, 6.45) is 8.87. The van der Waals surface area contributed by atoms with Gasteiger partial charge in [-0.1, -0.05) is 11.6 Å². The van der Waals surface area contributed by atoms with E-state index in [1.165, 1.54) is 31.3 Å². The summed E-state index contributed by atoms with van der Waals surface area (Å²) in [6.45, 7) is 1.64. The highest BCUT2D eigenvalue weighted by atomic mass is 16.5. The molecule has 1 amide bonds. The van der Waals surface area contributed by atoms with E-state index in [2.05, 4.69) is 11.4 Å². The largest absolute Gasteiger partial charge is 0.379 e. The molecule has 2 rings (SSSR count). The molecule has 0 radical (unpaired) electrons. The predicted molar refractivity (Wildman–Crippen MR) is 66.5 cm³/mol. The molecule has 0 spiro atoms. The molecular formula is C13H22N2O2. The van der Waals surface area contributed by atoms with Crippen LogP contribution in [0.4, 0.5) is 0 Å². The van der Waals surface area contributed by atoms with Crippen molar-refractivity contribution in [3.63, 3.8) is 0 Å². The Morgan fingerprint density at radius 1 is 1.53 bits per heavy atom. The highest BCUT2D eigenvalue weighted by Gasteiger charge is 2.37. The Labute approximate surface area is 103 Å². The lowest BCUT2D eigenvalue weighted by Crippen LogP contribution is -2.54. The molecule has 1 atom stereocenters. The molecule has 0 saturated carbocycles. The molecule has 1 unspecified atom stereocenters. The standard InChI is InChI=1S/C13H22N2O2/c14-13(7-9-17-10-13)12(16)15-8-6-11-4-2-1-3-5-11/h4H,1-3,5-10,14H2,(H,15,16). The molecule has 4 heteroatoms. The average molecular weight is 238 g/mol. The Morgan fingerprint density at radius 2 is 2.41 bits per heavy atom. The molecule has 1 fully saturated rings. The molecule has 1 aliphatic heterocycles. The number of rotatable bonds is 4. The predicted octanol–water partition coefficient (Wildman–Crippen LogP) is 1.11. The molecule has 0 aromatic rings. The normalized spacial score (nSPS) is 28.9. The summed E-state index contributed by atoms with van der Waals surface area (Å²) in [7, 11) is 0. The maximum Gasteiger partial charge on any atom is 0.242 e. The summed E-state index contributed by atoms with van der Waals surface area (Å²) in [5, 5.41) is 2.93. The van der Waals surface area contributed by atoms with Gasteiger partial charge in [0.2, 0.25) is 5.91 Å². The number of amides is 1. The van der Waals surface area contributed by atoms with Crippen LogP contribution in [-0.4, -0.2) is 31.2 Å². The van der Waals surface area contributed by atoms with E-state index in [9.17, 15) is 4.79 Å². The number of nitrogens with one attached hydrogen (secondary N) is 1. The first-order chi connectivity index (χ1) is 8.21. The van der Waals surface area contributed by atoms with E-state index >= 15 is 0 Å². The van der Waals surface area contributed by atoms with Crippen molar-refractivity contribution in [2.24, 2.45) is 5.73 Å². The maximum absolute atomic E-state index is 11.9. The van der Waals surface area contributed by atoms with Crippen LogP contribution in [-0.2, 0) is 9.53 Å². The molecule has 1 aliphatic carbocycles. The molecule has 4 nitrogen and oxygen atoms in total.